The average molecular weight is 292 g/mol. The summed E-state index contributed by atoms with van der Waals surface area (Å²) in [5, 5.41) is 3.24. The summed E-state index contributed by atoms with van der Waals surface area (Å²) in [5.41, 5.74) is 1.79. The van der Waals surface area contributed by atoms with Gasteiger partial charge in [-0.15, -0.1) is 0 Å². The Morgan fingerprint density at radius 3 is 2.62 bits per heavy atom. The van der Waals surface area contributed by atoms with Crippen molar-refractivity contribution in [3.63, 3.8) is 0 Å². The Bertz CT molecular complexity index is 620. The van der Waals surface area contributed by atoms with E-state index in [1.165, 1.54) is 17.2 Å². The van der Waals surface area contributed by atoms with Gasteiger partial charge in [-0.25, -0.2) is 4.98 Å². The number of fused-ring (bicyclic) bond motifs is 1. The number of aromatic nitrogens is 1. The molecule has 0 fully saturated rings. The number of alkyl halides is 3. The van der Waals surface area contributed by atoms with Crippen LogP contribution in [0.1, 0.15) is 35.6 Å². The summed E-state index contributed by atoms with van der Waals surface area (Å²) < 4.78 is 37.5. The van der Waals surface area contributed by atoms with E-state index in [0.717, 1.165) is 31.5 Å². The Hall–Kier alpha value is -2.04. The van der Waals surface area contributed by atoms with E-state index in [0.29, 0.717) is 5.82 Å². The van der Waals surface area contributed by atoms with Crippen molar-refractivity contribution in [2.75, 3.05) is 5.32 Å². The number of hydrogen-bond acceptors (Lipinski definition) is 2. The first kappa shape index (κ1) is 13.9. The molecule has 5 heteroatoms. The van der Waals surface area contributed by atoms with Gasteiger partial charge in [-0.2, -0.15) is 13.2 Å². The second kappa shape index (κ2) is 5.39. The van der Waals surface area contributed by atoms with Gasteiger partial charge in [0.15, 0.2) is 0 Å². The van der Waals surface area contributed by atoms with Gasteiger partial charge in [0.05, 0.1) is 11.6 Å². The van der Waals surface area contributed by atoms with Gasteiger partial charge in [0, 0.05) is 6.20 Å². The van der Waals surface area contributed by atoms with Crippen molar-refractivity contribution in [1.29, 1.82) is 0 Å². The van der Waals surface area contributed by atoms with Crippen LogP contribution in [-0.2, 0) is 12.6 Å². The van der Waals surface area contributed by atoms with Crippen LogP contribution in [0.25, 0.3) is 0 Å². The summed E-state index contributed by atoms with van der Waals surface area (Å²) in [6.45, 7) is 0. The number of nitrogens with one attached hydrogen (secondary N) is 1. The fraction of sp³-hybridized carbons (Fsp3) is 0.312. The van der Waals surface area contributed by atoms with Crippen molar-refractivity contribution in [3.8, 4) is 0 Å². The molecule has 1 aliphatic rings. The summed E-state index contributed by atoms with van der Waals surface area (Å²) in [7, 11) is 0. The molecule has 1 aromatic heterocycles. The maximum Gasteiger partial charge on any atom is 0.417 e. The zero-order valence-corrected chi connectivity index (χ0v) is 11.3. The predicted octanol–water partition coefficient (Wildman–Crippen LogP) is 4.59. The third-order valence-electron chi connectivity index (χ3n) is 3.78. The molecule has 1 heterocycles. The molecule has 0 saturated carbocycles. The van der Waals surface area contributed by atoms with Crippen LogP contribution in [0.5, 0.6) is 0 Å². The molecule has 1 N–H and O–H groups in total. The molecule has 0 aliphatic heterocycles. The standard InChI is InChI=1S/C16H15F3N2/c17-16(18,19)12-8-9-15(20-10-12)21-14-7-3-5-11-4-1-2-6-13(11)14/h1-2,4,6,8-10,14H,3,5,7H2,(H,20,21)/t14-/m1/s1. The number of halogens is 3. The Balaban J connectivity index is 1.79. The molecule has 110 valence electrons. The van der Waals surface area contributed by atoms with Crippen LogP contribution in [0.3, 0.4) is 0 Å². The lowest BCUT2D eigenvalue weighted by Gasteiger charge is -2.26. The van der Waals surface area contributed by atoms with Gasteiger partial charge in [0.25, 0.3) is 0 Å². The molecular weight excluding hydrogens is 277 g/mol. The maximum atomic E-state index is 12.5. The van der Waals surface area contributed by atoms with Crippen LogP contribution in [0, 0.1) is 0 Å². The molecule has 0 saturated heterocycles. The van der Waals surface area contributed by atoms with E-state index >= 15 is 0 Å². The van der Waals surface area contributed by atoms with E-state index in [1.54, 1.807) is 0 Å². The zero-order chi connectivity index (χ0) is 14.9. The summed E-state index contributed by atoms with van der Waals surface area (Å²) >= 11 is 0. The van der Waals surface area contributed by atoms with E-state index in [9.17, 15) is 13.2 Å². The van der Waals surface area contributed by atoms with Crippen molar-refractivity contribution in [2.45, 2.75) is 31.5 Å². The first-order chi connectivity index (χ1) is 10.0. The van der Waals surface area contributed by atoms with Gasteiger partial charge in [0.2, 0.25) is 0 Å². The number of anilines is 1. The fourth-order valence-electron chi connectivity index (χ4n) is 2.73. The smallest absolute Gasteiger partial charge is 0.363 e. The van der Waals surface area contributed by atoms with Crippen molar-refractivity contribution in [1.82, 2.24) is 4.98 Å². The molecule has 0 spiro atoms. The SMILES string of the molecule is FC(F)(F)c1ccc(N[C@@H]2CCCc3ccccc32)nc1. The molecular formula is C16H15F3N2. The molecule has 0 radical (unpaired) electrons. The largest absolute Gasteiger partial charge is 0.417 e. The molecule has 3 rings (SSSR count). The minimum Gasteiger partial charge on any atom is -0.363 e. The van der Waals surface area contributed by atoms with Crippen LogP contribution in [0.2, 0.25) is 0 Å². The highest BCUT2D eigenvalue weighted by molar-refractivity contribution is 5.42. The maximum absolute atomic E-state index is 12.5. The van der Waals surface area contributed by atoms with Gasteiger partial charge in [-0.1, -0.05) is 24.3 Å². The second-order valence-corrected chi connectivity index (χ2v) is 5.22. The summed E-state index contributed by atoms with van der Waals surface area (Å²) in [6, 6.07) is 10.7. The molecule has 1 aliphatic carbocycles. The molecule has 0 amide bonds. The highest BCUT2D eigenvalue weighted by Gasteiger charge is 2.30. The lowest BCUT2D eigenvalue weighted by atomic mass is 9.88. The third-order valence-corrected chi connectivity index (χ3v) is 3.78. The fourth-order valence-corrected chi connectivity index (χ4v) is 2.73. The number of nitrogens with zero attached hydrogens (tertiary/aromatic N) is 1. The van der Waals surface area contributed by atoms with E-state index < -0.39 is 11.7 Å². The third kappa shape index (κ3) is 3.01. The van der Waals surface area contributed by atoms with Gasteiger partial charge in [0.1, 0.15) is 5.82 Å². The lowest BCUT2D eigenvalue weighted by Crippen LogP contribution is -2.18. The average Bonchev–Trinajstić information content (AvgIpc) is 2.47. The topological polar surface area (TPSA) is 24.9 Å². The van der Waals surface area contributed by atoms with E-state index in [4.69, 9.17) is 0 Å². The lowest BCUT2D eigenvalue weighted by molar-refractivity contribution is -0.137. The first-order valence-corrected chi connectivity index (χ1v) is 6.91. The van der Waals surface area contributed by atoms with Crippen molar-refractivity contribution >= 4 is 5.82 Å². The molecule has 2 nitrogen and oxygen atoms in total. The molecule has 1 atom stereocenters. The van der Waals surface area contributed by atoms with Gasteiger partial charge in [-0.05, 0) is 42.5 Å². The van der Waals surface area contributed by atoms with Crippen LogP contribution < -0.4 is 5.32 Å². The summed E-state index contributed by atoms with van der Waals surface area (Å²) in [5.74, 6) is 0.477. The second-order valence-electron chi connectivity index (χ2n) is 5.22. The number of rotatable bonds is 2. The minimum atomic E-state index is -4.34. The number of benzene rings is 1. The number of aryl methyl sites for hydroxylation is 1. The Labute approximate surface area is 121 Å². The molecule has 1 aromatic carbocycles. The van der Waals surface area contributed by atoms with Gasteiger partial charge < -0.3 is 5.32 Å². The summed E-state index contributed by atoms with van der Waals surface area (Å²) in [4.78, 5) is 3.88. The highest BCUT2D eigenvalue weighted by atomic mass is 19.4. The van der Waals surface area contributed by atoms with Crippen LogP contribution in [0.15, 0.2) is 42.6 Å². The monoisotopic (exact) mass is 292 g/mol. The Kier molecular flexibility index (Phi) is 3.57. The number of hydrogen-bond donors (Lipinski definition) is 1. The van der Waals surface area contributed by atoms with Crippen molar-refractivity contribution < 1.29 is 13.2 Å². The van der Waals surface area contributed by atoms with E-state index in [-0.39, 0.29) is 6.04 Å². The number of pyridine rings is 1. The van der Waals surface area contributed by atoms with Crippen LogP contribution >= 0.6 is 0 Å². The Morgan fingerprint density at radius 1 is 1.10 bits per heavy atom. The van der Waals surface area contributed by atoms with Gasteiger partial charge >= 0.3 is 6.18 Å². The molecule has 2 aromatic rings. The molecule has 0 unspecified atom stereocenters. The normalized spacial score (nSPS) is 18.1. The van der Waals surface area contributed by atoms with Crippen LogP contribution in [0.4, 0.5) is 19.0 Å². The van der Waals surface area contributed by atoms with Crippen LogP contribution in [-0.4, -0.2) is 4.98 Å². The van der Waals surface area contributed by atoms with Crippen molar-refractivity contribution in [2.24, 2.45) is 0 Å². The van der Waals surface area contributed by atoms with E-state index in [2.05, 4.69) is 22.4 Å². The summed E-state index contributed by atoms with van der Waals surface area (Å²) in [6.07, 6.45) is -0.399. The molecule has 21 heavy (non-hydrogen) atoms. The first-order valence-electron chi connectivity index (χ1n) is 6.91. The van der Waals surface area contributed by atoms with E-state index in [1.807, 2.05) is 12.1 Å². The minimum absolute atomic E-state index is 0.110. The van der Waals surface area contributed by atoms with Gasteiger partial charge in [-0.3, -0.25) is 0 Å². The highest BCUT2D eigenvalue weighted by Crippen LogP contribution is 2.33. The Morgan fingerprint density at radius 2 is 1.90 bits per heavy atom. The van der Waals surface area contributed by atoms with Crippen molar-refractivity contribution in [3.05, 3.63) is 59.3 Å². The quantitative estimate of drug-likeness (QED) is 0.875. The molecule has 0 bridgehead atoms. The zero-order valence-electron chi connectivity index (χ0n) is 11.3. The predicted molar refractivity (Wildman–Crippen MR) is 75.0 cm³/mol.